The molecule has 0 fully saturated rings. The molecule has 5 nitrogen and oxygen atoms in total. The van der Waals surface area contributed by atoms with Gasteiger partial charge in [-0.15, -0.1) is 0 Å². The van der Waals surface area contributed by atoms with Crippen molar-refractivity contribution in [3.05, 3.63) is 64.9 Å². The maximum atomic E-state index is 12.4. The van der Waals surface area contributed by atoms with Gasteiger partial charge in [0.25, 0.3) is 0 Å². The van der Waals surface area contributed by atoms with Crippen LogP contribution in [-0.2, 0) is 22.2 Å². The zero-order valence-electron chi connectivity index (χ0n) is 19.3. The van der Waals surface area contributed by atoms with Crippen molar-refractivity contribution in [2.75, 3.05) is 6.61 Å². The van der Waals surface area contributed by atoms with E-state index in [-0.39, 0.29) is 17.7 Å². The summed E-state index contributed by atoms with van der Waals surface area (Å²) in [7, 11) is -1.79. The van der Waals surface area contributed by atoms with Crippen LogP contribution in [0.1, 0.15) is 44.7 Å². The average Bonchev–Trinajstić information content (AvgIpc) is 2.71. The van der Waals surface area contributed by atoms with Crippen LogP contribution in [0.15, 0.2) is 48.7 Å². The number of nitrogens with zero attached hydrogens (tertiary/aromatic N) is 1. The predicted octanol–water partition coefficient (Wildman–Crippen LogP) is 6.37. The first kappa shape index (κ1) is 25.4. The second-order valence-corrected chi connectivity index (χ2v) is 14.5. The molecule has 1 unspecified atom stereocenters. The third kappa shape index (κ3) is 8.63. The highest BCUT2D eigenvalue weighted by atomic mass is 35.5. The van der Waals surface area contributed by atoms with Gasteiger partial charge in [0.15, 0.2) is 8.32 Å². The normalized spacial score (nSPS) is 13.0. The van der Waals surface area contributed by atoms with E-state index in [2.05, 4.69) is 44.2 Å². The second kappa shape index (κ2) is 11.6. The Balaban J connectivity index is 1.93. The molecule has 2 aromatic rings. The highest BCUT2D eigenvalue weighted by Crippen LogP contribution is 2.36. The lowest BCUT2D eigenvalue weighted by Gasteiger charge is -2.36. The number of rotatable bonds is 10. The average molecular weight is 463 g/mol. The Morgan fingerprint density at radius 2 is 1.87 bits per heavy atom. The molecule has 170 valence electrons. The molecule has 0 spiro atoms. The summed E-state index contributed by atoms with van der Waals surface area (Å²) >= 11 is 6.24. The van der Waals surface area contributed by atoms with E-state index in [0.717, 1.165) is 24.0 Å². The Morgan fingerprint density at radius 1 is 1.16 bits per heavy atom. The van der Waals surface area contributed by atoms with Crippen LogP contribution in [0, 0.1) is 0 Å². The fourth-order valence-corrected chi connectivity index (χ4v) is 4.15. The van der Waals surface area contributed by atoms with Crippen LogP contribution in [-0.4, -0.2) is 32.0 Å². The molecular formula is C24H35ClN2O3Si. The van der Waals surface area contributed by atoms with E-state index in [1.807, 2.05) is 42.5 Å². The number of hydrogen-bond acceptors (Lipinski definition) is 4. The monoisotopic (exact) mass is 462 g/mol. The number of nitrogens with one attached hydrogen (secondary N) is 1. The Bertz CT molecular complexity index is 825. The molecule has 1 amide bonds. The number of aromatic nitrogens is 1. The lowest BCUT2D eigenvalue weighted by molar-refractivity contribution is 0.134. The van der Waals surface area contributed by atoms with Gasteiger partial charge in [-0.3, -0.25) is 0 Å². The highest BCUT2D eigenvalue weighted by molar-refractivity contribution is 6.74. The fraction of sp³-hybridized carbons (Fsp3) is 0.500. The van der Waals surface area contributed by atoms with E-state index in [0.29, 0.717) is 18.2 Å². The molecule has 0 aliphatic carbocycles. The second-order valence-electron chi connectivity index (χ2n) is 9.31. The van der Waals surface area contributed by atoms with Crippen molar-refractivity contribution in [1.29, 1.82) is 0 Å². The lowest BCUT2D eigenvalue weighted by atomic mass is 10.0. The van der Waals surface area contributed by atoms with E-state index in [1.165, 1.54) is 0 Å². The standard InChI is InChI=1S/C24H35ClN2O3Si/c1-24(2,3)31(4,5)30-16-10-14-21(17-20-13-9-15-26-22(20)25)27-23(28)29-18-19-11-7-6-8-12-19/h6-9,11-13,15,21H,10,14,16-18H2,1-5H3,(H,27,28). The van der Waals surface area contributed by atoms with Gasteiger partial charge in [-0.05, 0) is 54.6 Å². The van der Waals surface area contributed by atoms with Gasteiger partial charge < -0.3 is 14.5 Å². The van der Waals surface area contributed by atoms with Gasteiger partial charge in [-0.2, -0.15) is 0 Å². The summed E-state index contributed by atoms with van der Waals surface area (Å²) in [6.45, 7) is 12.1. The Hall–Kier alpha value is -1.89. The van der Waals surface area contributed by atoms with Gasteiger partial charge in [0.1, 0.15) is 11.8 Å². The summed E-state index contributed by atoms with van der Waals surface area (Å²) in [5.74, 6) is 0. The molecule has 1 N–H and O–H groups in total. The quantitative estimate of drug-likeness (QED) is 0.253. The molecule has 7 heteroatoms. The van der Waals surface area contributed by atoms with Crippen molar-refractivity contribution in [2.24, 2.45) is 0 Å². The van der Waals surface area contributed by atoms with Crippen LogP contribution in [0.4, 0.5) is 4.79 Å². The van der Waals surface area contributed by atoms with Crippen LogP contribution in [0.3, 0.4) is 0 Å². The number of alkyl carbamates (subject to hydrolysis) is 1. The molecule has 31 heavy (non-hydrogen) atoms. The van der Waals surface area contributed by atoms with E-state index >= 15 is 0 Å². The summed E-state index contributed by atoms with van der Waals surface area (Å²) in [6.07, 6.45) is 3.43. The Kier molecular flexibility index (Phi) is 9.53. The third-order valence-corrected chi connectivity index (χ3v) is 10.7. The van der Waals surface area contributed by atoms with E-state index in [4.69, 9.17) is 20.8 Å². The van der Waals surface area contributed by atoms with Gasteiger partial charge in [0, 0.05) is 18.8 Å². The molecule has 0 saturated heterocycles. The van der Waals surface area contributed by atoms with Gasteiger partial charge >= 0.3 is 6.09 Å². The highest BCUT2D eigenvalue weighted by Gasteiger charge is 2.36. The minimum atomic E-state index is -1.79. The predicted molar refractivity (Wildman–Crippen MR) is 129 cm³/mol. The minimum absolute atomic E-state index is 0.118. The van der Waals surface area contributed by atoms with Gasteiger partial charge in [0.05, 0.1) is 0 Å². The summed E-state index contributed by atoms with van der Waals surface area (Å²) in [5, 5.41) is 3.64. The molecule has 1 aromatic carbocycles. The van der Waals surface area contributed by atoms with Crippen LogP contribution in [0.5, 0.6) is 0 Å². The topological polar surface area (TPSA) is 60.5 Å². The van der Waals surface area contributed by atoms with Crippen LogP contribution in [0.25, 0.3) is 0 Å². The van der Waals surface area contributed by atoms with Gasteiger partial charge in [-0.25, -0.2) is 9.78 Å². The fourth-order valence-electron chi connectivity index (χ4n) is 2.87. The molecule has 0 saturated carbocycles. The summed E-state index contributed by atoms with van der Waals surface area (Å²) in [6, 6.07) is 13.3. The van der Waals surface area contributed by atoms with Crippen molar-refractivity contribution < 1.29 is 14.0 Å². The third-order valence-electron chi connectivity index (χ3n) is 5.80. The maximum Gasteiger partial charge on any atom is 0.407 e. The largest absolute Gasteiger partial charge is 0.445 e. The summed E-state index contributed by atoms with van der Waals surface area (Å²) in [5.41, 5.74) is 1.86. The summed E-state index contributed by atoms with van der Waals surface area (Å²) < 4.78 is 11.7. The first-order valence-corrected chi connectivity index (χ1v) is 14.1. The molecule has 1 heterocycles. The zero-order chi connectivity index (χ0) is 22.9. The van der Waals surface area contributed by atoms with Crippen molar-refractivity contribution in [1.82, 2.24) is 10.3 Å². The van der Waals surface area contributed by atoms with Crippen molar-refractivity contribution >= 4 is 26.0 Å². The number of carbonyl (C=O) groups is 1. The number of benzene rings is 1. The molecule has 0 radical (unpaired) electrons. The van der Waals surface area contributed by atoms with Crippen molar-refractivity contribution in [2.45, 2.75) is 70.8 Å². The van der Waals surface area contributed by atoms with E-state index < -0.39 is 14.4 Å². The maximum absolute atomic E-state index is 12.4. The SMILES string of the molecule is CC(C)(C)[Si](C)(C)OCCCC(Cc1cccnc1Cl)NC(=O)OCc1ccccc1. The van der Waals surface area contributed by atoms with E-state index in [9.17, 15) is 4.79 Å². The number of ether oxygens (including phenoxy) is 1. The van der Waals surface area contributed by atoms with Crippen molar-refractivity contribution in [3.8, 4) is 0 Å². The molecule has 1 aromatic heterocycles. The van der Waals surface area contributed by atoms with Crippen LogP contribution in [0.2, 0.25) is 23.3 Å². The number of pyridine rings is 1. The molecule has 0 aliphatic heterocycles. The Labute approximate surface area is 192 Å². The van der Waals surface area contributed by atoms with Gasteiger partial charge in [0.2, 0.25) is 0 Å². The molecular weight excluding hydrogens is 428 g/mol. The molecule has 2 rings (SSSR count). The number of carbonyl (C=O) groups excluding carboxylic acids is 1. The van der Waals surface area contributed by atoms with Crippen LogP contribution >= 0.6 is 11.6 Å². The number of amides is 1. The zero-order valence-corrected chi connectivity index (χ0v) is 21.0. The van der Waals surface area contributed by atoms with Crippen molar-refractivity contribution in [3.63, 3.8) is 0 Å². The van der Waals surface area contributed by atoms with E-state index in [1.54, 1.807) is 6.20 Å². The van der Waals surface area contributed by atoms with Gasteiger partial charge in [-0.1, -0.05) is 68.8 Å². The number of halogens is 1. The first-order chi connectivity index (χ1) is 14.6. The molecule has 1 atom stereocenters. The molecule has 0 bridgehead atoms. The Morgan fingerprint density at radius 3 is 2.52 bits per heavy atom. The smallest absolute Gasteiger partial charge is 0.407 e. The first-order valence-electron chi connectivity index (χ1n) is 10.8. The lowest BCUT2D eigenvalue weighted by Crippen LogP contribution is -2.41. The van der Waals surface area contributed by atoms with Crippen LogP contribution < -0.4 is 5.32 Å². The molecule has 0 aliphatic rings. The minimum Gasteiger partial charge on any atom is -0.445 e. The summed E-state index contributed by atoms with van der Waals surface area (Å²) in [4.78, 5) is 16.6. The number of hydrogen-bond donors (Lipinski definition) is 1.